The van der Waals surface area contributed by atoms with E-state index in [0.717, 1.165) is 39.7 Å². The van der Waals surface area contributed by atoms with Crippen LogP contribution in [-0.4, -0.2) is 25.9 Å². The molecule has 13 heteroatoms. The van der Waals surface area contributed by atoms with Gasteiger partial charge in [-0.15, -0.1) is 11.3 Å². The van der Waals surface area contributed by atoms with E-state index >= 15 is 0 Å². The molecule has 5 aromatic rings. The molecule has 0 radical (unpaired) electrons. The minimum atomic E-state index is -0.475. The molecule has 2 heterocycles. The number of aliphatic imine (C=N–C) groups is 1. The number of aromatic nitrogens is 1. The molecule has 0 atom stereocenters. The molecule has 230 valence electrons. The van der Waals surface area contributed by atoms with Crippen LogP contribution in [-0.2, 0) is 4.79 Å². The number of nitrogens with zero attached hydrogens (tertiary/aromatic N) is 5. The van der Waals surface area contributed by atoms with E-state index in [1.165, 1.54) is 41.3 Å². The molecule has 0 bridgehead atoms. The number of thiazole rings is 1. The van der Waals surface area contributed by atoms with Gasteiger partial charge < -0.3 is 0 Å². The Morgan fingerprint density at radius 2 is 1.59 bits per heavy atom. The molecule has 1 fully saturated rings. The molecule has 1 aliphatic heterocycles. The first-order valence-corrected chi connectivity index (χ1v) is 16.4. The topological polar surface area (TPSA) is 132 Å². The summed E-state index contributed by atoms with van der Waals surface area (Å²) in [5.74, 6) is -0.277. The molecule has 1 aromatic heterocycles. The lowest BCUT2D eigenvalue weighted by Crippen LogP contribution is -2.28. The van der Waals surface area contributed by atoms with Crippen LogP contribution in [0.25, 0.3) is 16.3 Å². The average Bonchev–Trinajstić information content (AvgIpc) is 3.55. The molecule has 10 nitrogen and oxygen atoms in total. The van der Waals surface area contributed by atoms with Crippen LogP contribution >= 0.6 is 34.9 Å². The third kappa shape index (κ3) is 6.29. The Kier molecular flexibility index (Phi) is 8.47. The van der Waals surface area contributed by atoms with Gasteiger partial charge in [-0.25, -0.2) is 9.98 Å². The van der Waals surface area contributed by atoms with E-state index in [-0.39, 0.29) is 17.3 Å². The molecular weight excluding hydrogens is 643 g/mol. The van der Waals surface area contributed by atoms with Gasteiger partial charge in [-0.2, -0.15) is 0 Å². The van der Waals surface area contributed by atoms with Gasteiger partial charge in [0, 0.05) is 18.2 Å². The van der Waals surface area contributed by atoms with E-state index in [0.29, 0.717) is 40.8 Å². The lowest BCUT2D eigenvalue weighted by molar-refractivity contribution is -0.387. The summed E-state index contributed by atoms with van der Waals surface area (Å²) in [5.41, 5.74) is 6.63. The second-order valence-electron chi connectivity index (χ2n) is 10.7. The first-order chi connectivity index (χ1) is 22.0. The Labute approximate surface area is 276 Å². The highest BCUT2D eigenvalue weighted by atomic mass is 32.2. The summed E-state index contributed by atoms with van der Waals surface area (Å²) in [5, 5.41) is 23.8. The Morgan fingerprint density at radius 1 is 0.848 bits per heavy atom. The number of nitro groups is 2. The maximum absolute atomic E-state index is 13.9. The number of rotatable bonds is 7. The fourth-order valence-electron chi connectivity index (χ4n) is 4.69. The number of anilines is 1. The summed E-state index contributed by atoms with van der Waals surface area (Å²) in [6.07, 6.45) is 1.64. The Morgan fingerprint density at radius 3 is 2.28 bits per heavy atom. The second kappa shape index (κ2) is 12.5. The van der Waals surface area contributed by atoms with Gasteiger partial charge in [-0.1, -0.05) is 30.0 Å². The van der Waals surface area contributed by atoms with E-state index in [4.69, 9.17) is 4.99 Å². The van der Waals surface area contributed by atoms with Gasteiger partial charge in [-0.3, -0.25) is 29.9 Å². The van der Waals surface area contributed by atoms with Crippen molar-refractivity contribution in [1.29, 1.82) is 0 Å². The van der Waals surface area contributed by atoms with E-state index < -0.39 is 9.85 Å². The third-order valence-corrected chi connectivity index (χ3v) is 10.6. The number of benzene rings is 4. The van der Waals surface area contributed by atoms with Crippen molar-refractivity contribution in [2.45, 2.75) is 36.9 Å². The maximum Gasteiger partial charge on any atom is 0.283 e. The van der Waals surface area contributed by atoms with Gasteiger partial charge in [0.05, 0.1) is 41.2 Å². The van der Waals surface area contributed by atoms with E-state index in [9.17, 15) is 25.0 Å². The van der Waals surface area contributed by atoms with Crippen LogP contribution in [0.3, 0.4) is 0 Å². The normalized spacial score (nSPS) is 15.0. The van der Waals surface area contributed by atoms with Crippen LogP contribution in [0.15, 0.2) is 91.9 Å². The van der Waals surface area contributed by atoms with Crippen molar-refractivity contribution in [3.63, 3.8) is 0 Å². The summed E-state index contributed by atoms with van der Waals surface area (Å²) in [6.45, 7) is 8.03. The minimum Gasteiger partial charge on any atom is -0.268 e. The highest BCUT2D eigenvalue weighted by Crippen LogP contribution is 2.42. The molecule has 1 aliphatic rings. The van der Waals surface area contributed by atoms with Crippen LogP contribution in [0.4, 0.5) is 22.7 Å². The maximum atomic E-state index is 13.9. The largest absolute Gasteiger partial charge is 0.283 e. The van der Waals surface area contributed by atoms with Gasteiger partial charge >= 0.3 is 0 Å². The highest BCUT2D eigenvalue weighted by molar-refractivity contribution is 8.19. The fraction of sp³-hybridized carbons (Fsp3) is 0.121. The van der Waals surface area contributed by atoms with Gasteiger partial charge in [0.2, 0.25) is 0 Å². The number of hydrogen-bond donors (Lipinski definition) is 0. The molecule has 0 N–H and O–H groups in total. The lowest BCUT2D eigenvalue weighted by Gasteiger charge is -2.17. The number of thioether (sulfide) groups is 1. The van der Waals surface area contributed by atoms with Crippen molar-refractivity contribution in [1.82, 2.24) is 4.98 Å². The molecule has 0 aliphatic carbocycles. The molecule has 0 spiro atoms. The zero-order valence-electron chi connectivity index (χ0n) is 25.0. The van der Waals surface area contributed by atoms with Crippen molar-refractivity contribution in [2.75, 3.05) is 4.90 Å². The average molecular weight is 668 g/mol. The predicted molar refractivity (Wildman–Crippen MR) is 185 cm³/mol. The van der Waals surface area contributed by atoms with Crippen LogP contribution in [0.5, 0.6) is 0 Å². The van der Waals surface area contributed by atoms with Gasteiger partial charge in [-0.05, 0) is 110 Å². The first-order valence-electron chi connectivity index (χ1n) is 14.0. The number of carbonyl (C=O) groups excluding carboxylic acids is 1. The third-order valence-electron chi connectivity index (χ3n) is 7.51. The Bertz CT molecular complexity index is 2160. The SMILES string of the molecule is Cc1ccc(N=C2S/C(=C\c3ccc(Sc4nc5ccc([N+](=O)[O-])cc5s4)c([N+](=O)[O-])c3)C(=O)N2c2ccc(C)c(C)c2)cc1C. The van der Waals surface area contributed by atoms with Crippen molar-refractivity contribution in [2.24, 2.45) is 4.99 Å². The second-order valence-corrected chi connectivity index (χ2v) is 14.0. The quantitative estimate of drug-likeness (QED) is 0.0953. The number of amidine groups is 1. The lowest BCUT2D eigenvalue weighted by atomic mass is 10.1. The summed E-state index contributed by atoms with van der Waals surface area (Å²) < 4.78 is 1.13. The molecule has 0 saturated carbocycles. The molecule has 0 unspecified atom stereocenters. The van der Waals surface area contributed by atoms with Crippen LogP contribution in [0.2, 0.25) is 0 Å². The smallest absolute Gasteiger partial charge is 0.268 e. The van der Waals surface area contributed by atoms with E-state index in [1.807, 2.05) is 64.1 Å². The van der Waals surface area contributed by atoms with Crippen molar-refractivity contribution in [3.05, 3.63) is 126 Å². The summed E-state index contributed by atoms with van der Waals surface area (Å²) in [7, 11) is 0. The van der Waals surface area contributed by atoms with Crippen LogP contribution in [0.1, 0.15) is 27.8 Å². The van der Waals surface area contributed by atoms with E-state index in [1.54, 1.807) is 29.2 Å². The van der Waals surface area contributed by atoms with E-state index in [2.05, 4.69) is 4.98 Å². The standard InChI is InChI=1S/C33H25N5O5S3/c1-18-5-8-23(13-20(18)3)34-32-36(24-9-6-19(2)21(4)14-24)31(39)30(44-32)16-22-7-12-28(27(15-22)38(42)43)45-33-35-26-11-10-25(37(40)41)17-29(26)46-33/h5-17H,1-4H3/b30-16-,34-32?. The monoisotopic (exact) mass is 667 g/mol. The number of non-ortho nitro benzene ring substituents is 1. The molecule has 4 aromatic carbocycles. The van der Waals surface area contributed by atoms with Crippen molar-refractivity contribution in [3.8, 4) is 0 Å². The van der Waals surface area contributed by atoms with Gasteiger partial charge in [0.1, 0.15) is 0 Å². The summed E-state index contributed by atoms with van der Waals surface area (Å²) in [6, 6.07) is 20.8. The van der Waals surface area contributed by atoms with Gasteiger partial charge in [0.15, 0.2) is 9.51 Å². The number of aryl methyl sites for hydroxylation is 4. The minimum absolute atomic E-state index is 0.0475. The number of hydrogen-bond acceptors (Lipinski definition) is 10. The molecule has 1 saturated heterocycles. The Balaban J connectivity index is 1.35. The molecule has 46 heavy (non-hydrogen) atoms. The number of carbonyl (C=O) groups is 1. The number of amides is 1. The zero-order chi connectivity index (χ0) is 32.7. The summed E-state index contributed by atoms with van der Waals surface area (Å²) in [4.78, 5) is 47.9. The van der Waals surface area contributed by atoms with Gasteiger partial charge in [0.25, 0.3) is 17.3 Å². The molecular formula is C33H25N5O5S3. The van der Waals surface area contributed by atoms with Crippen LogP contribution < -0.4 is 4.90 Å². The zero-order valence-corrected chi connectivity index (χ0v) is 27.5. The first kappa shape index (κ1) is 31.1. The fourth-order valence-corrected chi connectivity index (χ4v) is 7.84. The highest BCUT2D eigenvalue weighted by Gasteiger charge is 2.35. The van der Waals surface area contributed by atoms with Crippen molar-refractivity contribution >= 4 is 85.0 Å². The van der Waals surface area contributed by atoms with Crippen LogP contribution in [0, 0.1) is 47.9 Å². The summed E-state index contributed by atoms with van der Waals surface area (Å²) >= 11 is 3.55. The van der Waals surface area contributed by atoms with Crippen molar-refractivity contribution < 1.29 is 14.6 Å². The number of nitro benzene ring substituents is 2. The predicted octanol–water partition coefficient (Wildman–Crippen LogP) is 9.31. The Hall–Kier alpha value is -4.85. The molecule has 6 rings (SSSR count). The molecule has 1 amide bonds. The number of fused-ring (bicyclic) bond motifs is 1.